The third-order valence-corrected chi connectivity index (χ3v) is 6.09. The number of aryl methyl sites for hydroxylation is 1. The number of nitrogens with one attached hydrogen (secondary N) is 2. The number of hydrogen-bond acceptors (Lipinski definition) is 3. The maximum atomic E-state index is 12.8. The molecule has 0 bridgehead atoms. The van der Waals surface area contributed by atoms with Gasteiger partial charge in [0.05, 0.1) is 21.6 Å². The average molecular weight is 411 g/mol. The number of anilines is 1. The van der Waals surface area contributed by atoms with Gasteiger partial charge in [0.25, 0.3) is 11.8 Å². The number of hydrogen-bond donors (Lipinski definition) is 2. The molecular formula is C22H19ClN2O2S. The number of fused-ring (bicyclic) bond motifs is 1. The lowest BCUT2D eigenvalue weighted by Gasteiger charge is -2.26. The first-order valence-corrected chi connectivity index (χ1v) is 10.4. The molecule has 0 spiro atoms. The lowest BCUT2D eigenvalue weighted by atomic mass is 9.87. The first-order valence-electron chi connectivity index (χ1n) is 9.15. The Labute approximate surface area is 172 Å². The molecule has 1 heterocycles. The van der Waals surface area contributed by atoms with Gasteiger partial charge in [-0.15, -0.1) is 11.3 Å². The number of carbonyl (C=O) groups excluding carboxylic acids is 2. The Balaban J connectivity index is 1.52. The second kappa shape index (κ2) is 8.17. The van der Waals surface area contributed by atoms with Crippen molar-refractivity contribution in [3.63, 3.8) is 0 Å². The van der Waals surface area contributed by atoms with E-state index in [0.717, 1.165) is 19.3 Å². The second-order valence-corrected chi connectivity index (χ2v) is 8.10. The van der Waals surface area contributed by atoms with E-state index in [1.54, 1.807) is 24.3 Å². The van der Waals surface area contributed by atoms with Crippen LogP contribution in [0.5, 0.6) is 0 Å². The summed E-state index contributed by atoms with van der Waals surface area (Å²) < 4.78 is 0. The molecule has 1 aliphatic rings. The number of benzene rings is 2. The van der Waals surface area contributed by atoms with E-state index in [1.807, 2.05) is 23.6 Å². The molecule has 0 radical (unpaired) electrons. The third-order valence-electron chi connectivity index (χ3n) is 4.90. The average Bonchev–Trinajstić information content (AvgIpc) is 3.25. The van der Waals surface area contributed by atoms with Crippen LogP contribution in [-0.2, 0) is 6.42 Å². The molecule has 142 valence electrons. The number of thiophene rings is 1. The van der Waals surface area contributed by atoms with Crippen LogP contribution in [0.2, 0.25) is 5.02 Å². The summed E-state index contributed by atoms with van der Waals surface area (Å²) in [6.45, 7) is 0. The van der Waals surface area contributed by atoms with Crippen LogP contribution < -0.4 is 10.6 Å². The smallest absolute Gasteiger partial charge is 0.265 e. The molecular weight excluding hydrogens is 392 g/mol. The molecule has 2 N–H and O–H groups in total. The summed E-state index contributed by atoms with van der Waals surface area (Å²) in [6.07, 6.45) is 3.01. The number of carbonyl (C=O) groups is 2. The highest BCUT2D eigenvalue weighted by molar-refractivity contribution is 7.12. The molecule has 4 rings (SSSR count). The Morgan fingerprint density at radius 2 is 1.89 bits per heavy atom. The summed E-state index contributed by atoms with van der Waals surface area (Å²) in [6, 6.07) is 16.7. The summed E-state index contributed by atoms with van der Waals surface area (Å²) in [5.41, 5.74) is 3.37. The lowest BCUT2D eigenvalue weighted by molar-refractivity contribution is 0.0931. The van der Waals surface area contributed by atoms with E-state index >= 15 is 0 Å². The minimum atomic E-state index is -0.240. The van der Waals surface area contributed by atoms with Crippen molar-refractivity contribution >= 4 is 40.4 Å². The number of halogens is 1. The van der Waals surface area contributed by atoms with E-state index in [0.29, 0.717) is 21.2 Å². The molecule has 2 aromatic carbocycles. The van der Waals surface area contributed by atoms with Gasteiger partial charge in [-0.3, -0.25) is 9.59 Å². The van der Waals surface area contributed by atoms with Crippen molar-refractivity contribution in [2.45, 2.75) is 25.3 Å². The quantitative estimate of drug-likeness (QED) is 0.599. The van der Waals surface area contributed by atoms with E-state index in [2.05, 4.69) is 22.8 Å². The van der Waals surface area contributed by atoms with E-state index in [4.69, 9.17) is 11.6 Å². The highest BCUT2D eigenvalue weighted by atomic mass is 35.5. The lowest BCUT2D eigenvalue weighted by Crippen LogP contribution is -2.31. The predicted molar refractivity (Wildman–Crippen MR) is 113 cm³/mol. The Kier molecular flexibility index (Phi) is 5.46. The highest BCUT2D eigenvalue weighted by Gasteiger charge is 2.22. The summed E-state index contributed by atoms with van der Waals surface area (Å²) >= 11 is 7.57. The molecule has 1 unspecified atom stereocenters. The fourth-order valence-electron chi connectivity index (χ4n) is 3.50. The summed E-state index contributed by atoms with van der Waals surface area (Å²) in [4.78, 5) is 25.7. The van der Waals surface area contributed by atoms with Gasteiger partial charge in [-0.25, -0.2) is 0 Å². The molecule has 0 saturated heterocycles. The molecule has 2 amide bonds. The fraction of sp³-hybridized carbons (Fsp3) is 0.182. The van der Waals surface area contributed by atoms with Crippen LogP contribution in [0.1, 0.15) is 50.0 Å². The number of rotatable bonds is 4. The highest BCUT2D eigenvalue weighted by Crippen LogP contribution is 2.30. The Hall–Kier alpha value is -2.63. The molecule has 0 saturated carbocycles. The van der Waals surface area contributed by atoms with Gasteiger partial charge in [-0.1, -0.05) is 41.9 Å². The van der Waals surface area contributed by atoms with E-state index in [9.17, 15) is 9.59 Å². The van der Waals surface area contributed by atoms with Gasteiger partial charge in [-0.05, 0) is 60.0 Å². The molecule has 3 aromatic rings. The van der Waals surface area contributed by atoms with Gasteiger partial charge < -0.3 is 10.6 Å². The zero-order valence-corrected chi connectivity index (χ0v) is 16.6. The monoisotopic (exact) mass is 410 g/mol. The largest absolute Gasteiger partial charge is 0.345 e. The second-order valence-electron chi connectivity index (χ2n) is 6.74. The van der Waals surface area contributed by atoms with E-state index < -0.39 is 0 Å². The van der Waals surface area contributed by atoms with Gasteiger partial charge in [-0.2, -0.15) is 0 Å². The Morgan fingerprint density at radius 3 is 2.71 bits per heavy atom. The van der Waals surface area contributed by atoms with Crippen molar-refractivity contribution in [1.29, 1.82) is 0 Å². The van der Waals surface area contributed by atoms with Crippen LogP contribution in [0.3, 0.4) is 0 Å². The van der Waals surface area contributed by atoms with Crippen LogP contribution in [0.4, 0.5) is 5.69 Å². The number of amides is 2. The molecule has 1 aromatic heterocycles. The molecule has 28 heavy (non-hydrogen) atoms. The third kappa shape index (κ3) is 3.96. The summed E-state index contributed by atoms with van der Waals surface area (Å²) in [5.74, 6) is -0.416. The summed E-state index contributed by atoms with van der Waals surface area (Å²) in [7, 11) is 0. The maximum Gasteiger partial charge on any atom is 0.265 e. The van der Waals surface area contributed by atoms with Gasteiger partial charge in [0.1, 0.15) is 0 Å². The molecule has 0 fully saturated rings. The van der Waals surface area contributed by atoms with Gasteiger partial charge in [0.15, 0.2) is 0 Å². The molecule has 1 aliphatic carbocycles. The molecule has 6 heteroatoms. The van der Waals surface area contributed by atoms with Gasteiger partial charge in [0.2, 0.25) is 0 Å². The van der Waals surface area contributed by atoms with Gasteiger partial charge in [0, 0.05) is 5.56 Å². The standard InChI is InChI=1S/C22H19ClN2O2S/c23-17-11-10-15(13-19(17)25-22(27)20-9-4-12-28-20)21(26)24-18-8-3-6-14-5-1-2-7-16(14)18/h1-2,4-5,7,9-13,18H,3,6,8H2,(H,24,26)(H,25,27). The van der Waals surface area contributed by atoms with Crippen LogP contribution in [0.15, 0.2) is 60.0 Å². The first kappa shape index (κ1) is 18.7. The van der Waals surface area contributed by atoms with Crippen molar-refractivity contribution in [3.05, 3.63) is 86.6 Å². The topological polar surface area (TPSA) is 58.2 Å². The van der Waals surface area contributed by atoms with Crippen LogP contribution in [0, 0.1) is 0 Å². The predicted octanol–water partition coefficient (Wildman–Crippen LogP) is 5.46. The minimum absolute atomic E-state index is 0.00251. The summed E-state index contributed by atoms with van der Waals surface area (Å²) in [5, 5.41) is 8.14. The zero-order valence-electron chi connectivity index (χ0n) is 15.1. The molecule has 0 aliphatic heterocycles. The minimum Gasteiger partial charge on any atom is -0.345 e. The van der Waals surface area contributed by atoms with Crippen LogP contribution in [-0.4, -0.2) is 11.8 Å². The van der Waals surface area contributed by atoms with Crippen LogP contribution >= 0.6 is 22.9 Å². The molecule has 1 atom stereocenters. The zero-order chi connectivity index (χ0) is 19.5. The van der Waals surface area contributed by atoms with Crippen LogP contribution in [0.25, 0.3) is 0 Å². The van der Waals surface area contributed by atoms with Crippen molar-refractivity contribution < 1.29 is 9.59 Å². The molecule has 4 nitrogen and oxygen atoms in total. The van der Waals surface area contributed by atoms with E-state index in [1.165, 1.54) is 22.5 Å². The van der Waals surface area contributed by atoms with E-state index in [-0.39, 0.29) is 17.9 Å². The Bertz CT molecular complexity index is 1020. The van der Waals surface area contributed by atoms with Crippen molar-refractivity contribution in [1.82, 2.24) is 5.32 Å². The normalized spacial score (nSPS) is 15.5. The van der Waals surface area contributed by atoms with Crippen molar-refractivity contribution in [2.75, 3.05) is 5.32 Å². The fourth-order valence-corrected chi connectivity index (χ4v) is 4.28. The van der Waals surface area contributed by atoms with Crippen molar-refractivity contribution in [3.8, 4) is 0 Å². The SMILES string of the molecule is O=C(NC1CCCc2ccccc21)c1ccc(Cl)c(NC(=O)c2cccs2)c1. The first-order chi connectivity index (χ1) is 13.6. The van der Waals surface area contributed by atoms with Gasteiger partial charge >= 0.3 is 0 Å². The Morgan fingerprint density at radius 1 is 1.04 bits per heavy atom. The maximum absolute atomic E-state index is 12.8. The van der Waals surface area contributed by atoms with Crippen molar-refractivity contribution in [2.24, 2.45) is 0 Å².